The van der Waals surface area contributed by atoms with Gasteiger partial charge >= 0.3 is 5.97 Å². The number of aliphatic imine (C=N–C) groups is 1. The van der Waals surface area contributed by atoms with Crippen LogP contribution in [0.1, 0.15) is 105 Å². The van der Waals surface area contributed by atoms with E-state index in [9.17, 15) is 43.5 Å². The normalized spacial score (nSPS) is 16.8. The van der Waals surface area contributed by atoms with E-state index in [1.54, 1.807) is 0 Å². The number of carboxylic acids is 1. The van der Waals surface area contributed by atoms with Crippen LogP contribution in [-0.2, 0) is 44.8 Å². The zero-order valence-electron chi connectivity index (χ0n) is 38.8. The number of carbonyl (C=O) groups is 8. The monoisotopic (exact) mass is 915 g/mol. The number of nitrogens with one attached hydrogen (secondary N) is 6. The number of hydrogen-bond acceptors (Lipinski definition) is 11. The van der Waals surface area contributed by atoms with Crippen LogP contribution in [0.15, 0.2) is 35.3 Å². The largest absolute Gasteiger partial charge is 0.480 e. The topological polar surface area (TPSA) is 349 Å². The average molecular weight is 915 g/mol. The Kier molecular flexibility index (Phi) is 24.0. The molecule has 0 radical (unpaired) electrons. The molecule has 0 aromatic heterocycles. The van der Waals surface area contributed by atoms with E-state index >= 15 is 0 Å². The van der Waals surface area contributed by atoms with Crippen molar-refractivity contribution < 1.29 is 43.5 Å². The van der Waals surface area contributed by atoms with Crippen molar-refractivity contribution in [3.63, 3.8) is 0 Å². The average Bonchev–Trinajstić information content (AvgIpc) is 3.73. The van der Waals surface area contributed by atoms with Crippen molar-refractivity contribution in [3.05, 3.63) is 35.9 Å². The maximum atomic E-state index is 14.2. The van der Waals surface area contributed by atoms with Crippen molar-refractivity contribution in [1.82, 2.24) is 36.8 Å². The summed E-state index contributed by atoms with van der Waals surface area (Å²) in [4.78, 5) is 112. The van der Waals surface area contributed by atoms with E-state index in [-0.39, 0.29) is 75.8 Å². The van der Waals surface area contributed by atoms with E-state index in [2.05, 4.69) is 36.9 Å². The summed E-state index contributed by atoms with van der Waals surface area (Å²) in [6.45, 7) is 11.0. The number of guanidine groups is 1. The Morgan fingerprint density at radius 2 is 1.23 bits per heavy atom. The second-order valence-electron chi connectivity index (χ2n) is 17.5. The fourth-order valence-electron chi connectivity index (χ4n) is 7.28. The Morgan fingerprint density at radius 3 is 1.78 bits per heavy atom. The molecule has 21 heteroatoms. The van der Waals surface area contributed by atoms with Gasteiger partial charge in [0, 0.05) is 13.1 Å². The molecule has 2 rings (SSSR count). The molecule has 0 bridgehead atoms. The summed E-state index contributed by atoms with van der Waals surface area (Å²) in [5.41, 5.74) is 23.3. The number of benzene rings is 1. The number of likely N-dealkylation sites (tertiary alicyclic amines) is 1. The number of hydrogen-bond donors (Lipinski definition) is 11. The van der Waals surface area contributed by atoms with E-state index in [0.717, 1.165) is 5.56 Å². The molecule has 8 atom stereocenters. The summed E-state index contributed by atoms with van der Waals surface area (Å²) in [7, 11) is 0. The third kappa shape index (κ3) is 19.8. The van der Waals surface area contributed by atoms with Crippen LogP contribution in [0.2, 0.25) is 0 Å². The van der Waals surface area contributed by atoms with Crippen LogP contribution in [0, 0.1) is 11.8 Å². The minimum Gasteiger partial charge on any atom is -0.480 e. The molecular formula is C44H74N12O9. The number of carbonyl (C=O) groups excluding carboxylic acids is 7. The molecule has 0 unspecified atom stereocenters. The lowest BCUT2D eigenvalue weighted by atomic mass is 10.0. The molecule has 1 heterocycles. The molecule has 15 N–H and O–H groups in total. The van der Waals surface area contributed by atoms with E-state index in [4.69, 9.17) is 22.9 Å². The van der Waals surface area contributed by atoms with Crippen molar-refractivity contribution >= 4 is 53.3 Å². The Bertz CT molecular complexity index is 1780. The molecule has 1 aromatic carbocycles. The smallest absolute Gasteiger partial charge is 0.326 e. The number of rotatable bonds is 28. The predicted molar refractivity (Wildman–Crippen MR) is 245 cm³/mol. The molecular weight excluding hydrogens is 841 g/mol. The summed E-state index contributed by atoms with van der Waals surface area (Å²) < 4.78 is 0. The summed E-state index contributed by atoms with van der Waals surface area (Å²) in [5.74, 6) is -5.91. The number of carboxylic acid groups (broad SMARTS) is 1. The van der Waals surface area contributed by atoms with Gasteiger partial charge in [-0.3, -0.25) is 38.6 Å². The van der Waals surface area contributed by atoms with E-state index in [0.29, 0.717) is 25.8 Å². The molecule has 1 saturated heterocycles. The summed E-state index contributed by atoms with van der Waals surface area (Å²) in [6.07, 6.45) is 3.08. The van der Waals surface area contributed by atoms with Gasteiger partial charge in [-0.05, 0) is 102 Å². The first kappa shape index (κ1) is 55.3. The first-order valence-corrected chi connectivity index (χ1v) is 22.5. The number of aliphatic carboxylic acids is 1. The first-order chi connectivity index (χ1) is 30.6. The van der Waals surface area contributed by atoms with Crippen LogP contribution in [0.5, 0.6) is 0 Å². The minimum absolute atomic E-state index is 0.0297. The van der Waals surface area contributed by atoms with E-state index < -0.39 is 95.7 Å². The van der Waals surface area contributed by atoms with Crippen LogP contribution in [-0.4, -0.2) is 131 Å². The lowest BCUT2D eigenvalue weighted by Gasteiger charge is -2.31. The van der Waals surface area contributed by atoms with Crippen LogP contribution < -0.4 is 54.8 Å². The van der Waals surface area contributed by atoms with Crippen molar-refractivity contribution in [2.24, 2.45) is 39.8 Å². The maximum absolute atomic E-state index is 14.2. The highest BCUT2D eigenvalue weighted by Crippen LogP contribution is 2.21. The van der Waals surface area contributed by atoms with Gasteiger partial charge < -0.3 is 64.8 Å². The Hall–Kier alpha value is -5.83. The molecule has 0 spiro atoms. The Labute approximate surface area is 382 Å². The Balaban J connectivity index is 2.14. The highest BCUT2D eigenvalue weighted by molar-refractivity contribution is 5.97. The Morgan fingerprint density at radius 1 is 0.692 bits per heavy atom. The summed E-state index contributed by atoms with van der Waals surface area (Å²) >= 11 is 0. The zero-order valence-corrected chi connectivity index (χ0v) is 38.8. The molecule has 1 aliphatic heterocycles. The molecule has 1 aromatic rings. The maximum Gasteiger partial charge on any atom is 0.326 e. The van der Waals surface area contributed by atoms with Gasteiger partial charge in [0.1, 0.15) is 42.3 Å². The lowest BCUT2D eigenvalue weighted by Crippen LogP contribution is -2.59. The molecule has 21 nitrogen and oxygen atoms in total. The third-order valence-corrected chi connectivity index (χ3v) is 10.8. The van der Waals surface area contributed by atoms with E-state index in [1.165, 1.54) is 18.7 Å². The van der Waals surface area contributed by atoms with Gasteiger partial charge in [-0.15, -0.1) is 0 Å². The highest BCUT2D eigenvalue weighted by atomic mass is 16.4. The number of nitrogens with zero attached hydrogens (tertiary/aromatic N) is 2. The molecule has 1 aliphatic rings. The zero-order chi connectivity index (χ0) is 48.8. The fourth-order valence-corrected chi connectivity index (χ4v) is 7.28. The fraction of sp³-hybridized carbons (Fsp3) is 0.659. The van der Waals surface area contributed by atoms with Crippen molar-refractivity contribution in [2.45, 2.75) is 154 Å². The standard InChI is InChI=1S/C44H74N12O9/c1-25(2)22-33(40(61)51-27(5)36(57)53-32(43(64)65)17-12-20-49-44(47)48)54-41(62)35-18-13-21-56(35)42(63)34(23-26(3)4)55-37(58)28(6)50-39(60)31(16-10-11-19-45)52-38(59)30(46)24-29-14-8-7-9-15-29/h7-9,14-15,25-28,30-35H,10-13,16-24,45-46H2,1-6H3,(H,50,60)(H,51,61)(H,52,59)(H,53,57)(H,54,62)(H,55,58)(H,64,65)(H4,47,48,49)/t27-,28+,30+,31+,32+,33+,34+,35+/m1/s1. The quantitative estimate of drug-likeness (QED) is 0.0269. The van der Waals surface area contributed by atoms with Gasteiger partial charge in [-0.1, -0.05) is 58.0 Å². The summed E-state index contributed by atoms with van der Waals surface area (Å²) in [6, 6.07) is 0.563. The number of nitrogens with two attached hydrogens (primary N) is 4. The molecule has 0 aliphatic carbocycles. The van der Waals surface area contributed by atoms with Gasteiger partial charge in [0.15, 0.2) is 5.96 Å². The second kappa shape index (κ2) is 28.2. The van der Waals surface area contributed by atoms with Crippen molar-refractivity contribution in [1.29, 1.82) is 0 Å². The number of unbranched alkanes of at least 4 members (excludes halogenated alkanes) is 1. The predicted octanol–water partition coefficient (Wildman–Crippen LogP) is -1.14. The van der Waals surface area contributed by atoms with Gasteiger partial charge in [0.05, 0.1) is 6.04 Å². The second-order valence-corrected chi connectivity index (χ2v) is 17.5. The molecule has 0 saturated carbocycles. The molecule has 7 amide bonds. The first-order valence-electron chi connectivity index (χ1n) is 22.5. The number of amides is 7. The molecule has 1 fully saturated rings. The highest BCUT2D eigenvalue weighted by Gasteiger charge is 2.40. The van der Waals surface area contributed by atoms with Crippen LogP contribution >= 0.6 is 0 Å². The van der Waals surface area contributed by atoms with Crippen LogP contribution in [0.4, 0.5) is 0 Å². The van der Waals surface area contributed by atoms with Gasteiger partial charge in [-0.25, -0.2) is 4.79 Å². The van der Waals surface area contributed by atoms with Crippen molar-refractivity contribution in [3.8, 4) is 0 Å². The third-order valence-electron chi connectivity index (χ3n) is 10.8. The van der Waals surface area contributed by atoms with Gasteiger partial charge in [0.25, 0.3) is 0 Å². The molecule has 364 valence electrons. The lowest BCUT2D eigenvalue weighted by molar-refractivity contribution is -0.143. The van der Waals surface area contributed by atoms with E-state index in [1.807, 2.05) is 58.0 Å². The molecule has 65 heavy (non-hydrogen) atoms. The van der Waals surface area contributed by atoms with Crippen molar-refractivity contribution in [2.75, 3.05) is 19.6 Å². The summed E-state index contributed by atoms with van der Waals surface area (Å²) in [5, 5.41) is 25.5. The van der Waals surface area contributed by atoms with Gasteiger partial charge in [-0.2, -0.15) is 0 Å². The van der Waals surface area contributed by atoms with Gasteiger partial charge in [0.2, 0.25) is 41.4 Å². The van der Waals surface area contributed by atoms with Crippen LogP contribution in [0.3, 0.4) is 0 Å². The van der Waals surface area contributed by atoms with Crippen LogP contribution in [0.25, 0.3) is 0 Å². The minimum atomic E-state index is -1.28. The SMILES string of the molecule is CC(C)C[C@H](NC(=O)[C@@H]1CCCN1C(=O)[C@H](CC(C)C)NC(=O)[C@H](C)NC(=O)[C@H](CCCCN)NC(=O)[C@@H](N)Cc1ccccc1)C(=O)N[C@H](C)C(=O)N[C@@H](CCCN=C(N)N)C(=O)O.